The van der Waals surface area contributed by atoms with E-state index >= 15 is 0 Å². The molecule has 4 rings (SSSR count). The Hall–Kier alpha value is -1.80. The number of nitrogens with two attached hydrogens (primary N) is 4. The standard InChI is InChI=1S/4C13H26N2O2/c4*1-3-11(2)13(14)12(16)5-4-6-15-7-9-17-10-8-15/h4*11,13H,3-10,14H2,1-2H3/t2*11-,13+;2*11-,13-/m1010/s1. The number of rotatable bonds is 28. The predicted molar refractivity (Wildman–Crippen MR) is 276 cm³/mol. The third kappa shape index (κ3) is 28.9. The van der Waals surface area contributed by atoms with Gasteiger partial charge in [0.1, 0.15) is 23.1 Å². The average molecular weight is 969 g/mol. The summed E-state index contributed by atoms with van der Waals surface area (Å²) in [6.45, 7) is 34.9. The Labute approximate surface area is 414 Å². The third-order valence-corrected chi connectivity index (χ3v) is 14.5. The first-order valence-corrected chi connectivity index (χ1v) is 26.9. The molecule has 0 aromatic rings. The van der Waals surface area contributed by atoms with E-state index in [0.717, 1.165) is 183 Å². The Balaban J connectivity index is 0.000000453. The molecule has 4 aliphatic rings. The minimum absolute atomic E-state index is 0.215. The van der Waals surface area contributed by atoms with Crippen LogP contribution >= 0.6 is 0 Å². The highest BCUT2D eigenvalue weighted by Gasteiger charge is 2.23. The molecule has 400 valence electrons. The summed E-state index contributed by atoms with van der Waals surface area (Å²) in [6, 6.07) is -1.09. The van der Waals surface area contributed by atoms with Gasteiger partial charge in [0.05, 0.1) is 77.0 Å². The Bertz CT molecular complexity index is 1100. The molecule has 8 N–H and O–H groups in total. The van der Waals surface area contributed by atoms with Crippen LogP contribution in [0.15, 0.2) is 0 Å². The van der Waals surface area contributed by atoms with Gasteiger partial charge in [-0.3, -0.25) is 38.8 Å². The van der Waals surface area contributed by atoms with Crippen molar-refractivity contribution in [1.29, 1.82) is 0 Å². The first-order valence-electron chi connectivity index (χ1n) is 26.9. The summed E-state index contributed by atoms with van der Waals surface area (Å²) in [4.78, 5) is 56.7. The third-order valence-electron chi connectivity index (χ3n) is 14.5. The van der Waals surface area contributed by atoms with E-state index in [0.29, 0.717) is 49.4 Å². The van der Waals surface area contributed by atoms with Crippen LogP contribution in [0.25, 0.3) is 0 Å². The molecule has 4 saturated heterocycles. The van der Waals surface area contributed by atoms with Gasteiger partial charge in [-0.2, -0.15) is 0 Å². The SMILES string of the molecule is CC[C@@H](C)[C@@H](N)C(=O)CCCN1CCOCC1.CC[C@@H](C)[C@H](N)C(=O)CCCN1CCOCC1.CC[C@H](C)[C@@H](N)C(=O)CCCN1CCOCC1.CC[C@H](C)[C@H](N)C(=O)CCCN1CCOCC1. The molecular formula is C52H104N8O8. The van der Waals surface area contributed by atoms with Gasteiger partial charge in [0.2, 0.25) is 0 Å². The molecule has 0 aromatic heterocycles. The average Bonchev–Trinajstić information content (AvgIpc) is 3.38. The minimum Gasteiger partial charge on any atom is -0.379 e. The second-order valence-electron chi connectivity index (χ2n) is 19.7. The second-order valence-corrected chi connectivity index (χ2v) is 19.7. The lowest BCUT2D eigenvalue weighted by molar-refractivity contribution is -0.122. The van der Waals surface area contributed by atoms with Crippen molar-refractivity contribution >= 4 is 23.1 Å². The number of Topliss-reactive ketones (excluding diaryl/α,β-unsaturated/α-hetero) is 4. The van der Waals surface area contributed by atoms with Gasteiger partial charge in [-0.25, -0.2) is 0 Å². The maximum atomic E-state index is 11.8. The quantitative estimate of drug-likeness (QED) is 0.0865. The lowest BCUT2D eigenvalue weighted by atomic mass is 9.94. The molecule has 0 aromatic carbocycles. The van der Waals surface area contributed by atoms with Gasteiger partial charge in [0.25, 0.3) is 0 Å². The van der Waals surface area contributed by atoms with Crippen molar-refractivity contribution in [2.45, 2.75) is 157 Å². The van der Waals surface area contributed by atoms with Gasteiger partial charge in [0, 0.05) is 78.0 Å². The molecule has 16 nitrogen and oxygen atoms in total. The summed E-state index contributed by atoms with van der Waals surface area (Å²) in [5.74, 6) is 2.05. The Morgan fingerprint density at radius 1 is 0.353 bits per heavy atom. The van der Waals surface area contributed by atoms with E-state index in [1.807, 2.05) is 27.7 Å². The van der Waals surface area contributed by atoms with Crippen molar-refractivity contribution in [2.24, 2.45) is 46.6 Å². The van der Waals surface area contributed by atoms with Crippen molar-refractivity contribution in [1.82, 2.24) is 19.6 Å². The molecule has 4 aliphatic heterocycles. The molecule has 0 aliphatic carbocycles. The lowest BCUT2D eigenvalue weighted by Gasteiger charge is -2.26. The molecule has 8 atom stereocenters. The van der Waals surface area contributed by atoms with E-state index in [9.17, 15) is 19.2 Å². The largest absolute Gasteiger partial charge is 0.379 e. The molecular weight excluding hydrogens is 865 g/mol. The highest BCUT2D eigenvalue weighted by Crippen LogP contribution is 2.13. The lowest BCUT2D eigenvalue weighted by Crippen LogP contribution is -2.39. The number of ketones is 4. The number of carbonyl (C=O) groups excluding carboxylic acids is 4. The van der Waals surface area contributed by atoms with Gasteiger partial charge >= 0.3 is 0 Å². The molecule has 4 fully saturated rings. The maximum Gasteiger partial charge on any atom is 0.149 e. The molecule has 0 amide bonds. The van der Waals surface area contributed by atoms with E-state index in [1.165, 1.54) is 0 Å². The molecule has 0 bridgehead atoms. The zero-order valence-corrected chi connectivity index (χ0v) is 44.6. The first kappa shape index (κ1) is 64.2. The van der Waals surface area contributed by atoms with Crippen molar-refractivity contribution in [3.63, 3.8) is 0 Å². The van der Waals surface area contributed by atoms with Crippen molar-refractivity contribution in [3.8, 4) is 0 Å². The van der Waals surface area contributed by atoms with E-state index < -0.39 is 0 Å². The highest BCUT2D eigenvalue weighted by molar-refractivity contribution is 5.85. The van der Waals surface area contributed by atoms with Gasteiger partial charge < -0.3 is 41.9 Å². The normalized spacial score (nSPS) is 21.1. The van der Waals surface area contributed by atoms with Crippen molar-refractivity contribution in [2.75, 3.05) is 131 Å². The minimum atomic E-state index is -0.273. The molecule has 4 heterocycles. The van der Waals surface area contributed by atoms with Crippen LogP contribution in [0, 0.1) is 23.7 Å². The Morgan fingerprint density at radius 2 is 0.515 bits per heavy atom. The van der Waals surface area contributed by atoms with Gasteiger partial charge in [0.15, 0.2) is 0 Å². The first-order chi connectivity index (χ1) is 32.6. The predicted octanol–water partition coefficient (Wildman–Crippen LogP) is 4.17. The van der Waals surface area contributed by atoms with Crippen LogP contribution in [0.1, 0.15) is 132 Å². The smallest absolute Gasteiger partial charge is 0.149 e. The van der Waals surface area contributed by atoms with Crippen LogP contribution in [-0.4, -0.2) is 198 Å². The maximum absolute atomic E-state index is 11.8. The van der Waals surface area contributed by atoms with E-state index in [2.05, 4.69) is 47.3 Å². The van der Waals surface area contributed by atoms with Crippen LogP contribution in [0.2, 0.25) is 0 Å². The van der Waals surface area contributed by atoms with Crippen molar-refractivity contribution < 1.29 is 38.1 Å². The zero-order valence-electron chi connectivity index (χ0n) is 44.6. The van der Waals surface area contributed by atoms with E-state index in [1.54, 1.807) is 0 Å². The second kappa shape index (κ2) is 39.8. The van der Waals surface area contributed by atoms with Gasteiger partial charge in [-0.05, 0) is 75.5 Å². The molecule has 0 saturated carbocycles. The number of hydrogen-bond donors (Lipinski definition) is 4. The number of morpholine rings is 4. The fraction of sp³-hybridized carbons (Fsp3) is 0.923. The molecule has 16 heteroatoms. The zero-order chi connectivity index (χ0) is 50.7. The van der Waals surface area contributed by atoms with Gasteiger partial charge in [-0.15, -0.1) is 0 Å². The summed E-state index contributed by atoms with van der Waals surface area (Å²) in [5, 5.41) is 0. The van der Waals surface area contributed by atoms with E-state index in [-0.39, 0.29) is 47.3 Å². The summed E-state index contributed by atoms with van der Waals surface area (Å²) in [5.41, 5.74) is 23.6. The molecule has 0 unspecified atom stereocenters. The Kier molecular flexibility index (Phi) is 37.6. The monoisotopic (exact) mass is 969 g/mol. The van der Waals surface area contributed by atoms with Gasteiger partial charge in [-0.1, -0.05) is 81.1 Å². The number of ether oxygens (including phenoxy) is 4. The summed E-state index contributed by atoms with van der Waals surface area (Å²) < 4.78 is 21.1. The summed E-state index contributed by atoms with van der Waals surface area (Å²) >= 11 is 0. The van der Waals surface area contributed by atoms with Crippen molar-refractivity contribution in [3.05, 3.63) is 0 Å². The number of carbonyl (C=O) groups is 4. The number of nitrogens with zero attached hydrogens (tertiary/aromatic N) is 4. The van der Waals surface area contributed by atoms with Crippen LogP contribution < -0.4 is 22.9 Å². The Morgan fingerprint density at radius 3 is 0.662 bits per heavy atom. The van der Waals surface area contributed by atoms with Crippen LogP contribution in [0.3, 0.4) is 0 Å². The molecule has 68 heavy (non-hydrogen) atoms. The van der Waals surface area contributed by atoms with Crippen LogP contribution in [0.4, 0.5) is 0 Å². The van der Waals surface area contributed by atoms with Crippen LogP contribution in [0.5, 0.6) is 0 Å². The van der Waals surface area contributed by atoms with Crippen LogP contribution in [-0.2, 0) is 38.1 Å². The fourth-order valence-corrected chi connectivity index (χ4v) is 8.16. The van der Waals surface area contributed by atoms with E-state index in [4.69, 9.17) is 41.9 Å². The molecule has 0 radical (unpaired) electrons. The molecule has 0 spiro atoms. The fourth-order valence-electron chi connectivity index (χ4n) is 8.16. The highest BCUT2D eigenvalue weighted by atomic mass is 16.5. The number of hydrogen-bond acceptors (Lipinski definition) is 16. The topological polar surface area (TPSA) is 222 Å². The summed E-state index contributed by atoms with van der Waals surface area (Å²) in [7, 11) is 0. The summed E-state index contributed by atoms with van der Waals surface area (Å²) in [6.07, 6.45) is 10.0.